The van der Waals surface area contributed by atoms with Crippen LogP contribution in [0.5, 0.6) is 5.75 Å². The maximum Gasteiger partial charge on any atom is 0.329 e. The molecule has 0 amide bonds. The molecule has 0 saturated heterocycles. The van der Waals surface area contributed by atoms with Crippen molar-refractivity contribution in [2.75, 3.05) is 12.4 Å². The van der Waals surface area contributed by atoms with Crippen molar-refractivity contribution in [2.45, 2.75) is 31.7 Å². The lowest BCUT2D eigenvalue weighted by molar-refractivity contribution is -0.142. The van der Waals surface area contributed by atoms with E-state index in [0.29, 0.717) is 18.8 Å². The molecular weight excluding hydrogens is 230 g/mol. The van der Waals surface area contributed by atoms with Crippen LogP contribution in [-0.2, 0) is 4.79 Å². The lowest BCUT2D eigenvalue weighted by Crippen LogP contribution is -2.44. The van der Waals surface area contributed by atoms with E-state index in [9.17, 15) is 9.90 Å². The summed E-state index contributed by atoms with van der Waals surface area (Å²) < 4.78 is 5.08. The molecule has 0 aliphatic heterocycles. The Morgan fingerprint density at radius 1 is 1.44 bits per heavy atom. The van der Waals surface area contributed by atoms with Crippen LogP contribution in [0.15, 0.2) is 24.3 Å². The zero-order valence-corrected chi connectivity index (χ0v) is 10.8. The molecule has 1 aromatic carbocycles. The first kappa shape index (κ1) is 12.7. The molecule has 98 valence electrons. The number of carboxylic acid groups (broad SMARTS) is 1. The zero-order chi connectivity index (χ0) is 13.2. The minimum absolute atomic E-state index is 0.451. The lowest BCUT2D eigenvalue weighted by atomic mass is 9.96. The van der Waals surface area contributed by atoms with Crippen LogP contribution < -0.4 is 10.1 Å². The predicted molar refractivity (Wildman–Crippen MR) is 70.0 cm³/mol. The Labute approximate surface area is 107 Å². The van der Waals surface area contributed by atoms with Crippen LogP contribution in [0, 0.1) is 5.92 Å². The number of hydrogen-bond donors (Lipinski definition) is 2. The highest BCUT2D eigenvalue weighted by atomic mass is 16.5. The second kappa shape index (κ2) is 4.88. The molecule has 4 heteroatoms. The van der Waals surface area contributed by atoms with Gasteiger partial charge < -0.3 is 15.2 Å². The molecule has 4 nitrogen and oxygen atoms in total. The van der Waals surface area contributed by atoms with Crippen LogP contribution in [0.25, 0.3) is 0 Å². The van der Waals surface area contributed by atoms with Crippen LogP contribution >= 0.6 is 0 Å². The van der Waals surface area contributed by atoms with Crippen molar-refractivity contribution in [3.05, 3.63) is 24.3 Å². The first-order valence-corrected chi connectivity index (χ1v) is 6.21. The molecule has 1 aliphatic rings. The molecule has 1 fully saturated rings. The molecule has 2 rings (SSSR count). The molecule has 2 atom stereocenters. The van der Waals surface area contributed by atoms with E-state index in [4.69, 9.17) is 4.74 Å². The van der Waals surface area contributed by atoms with Crippen molar-refractivity contribution in [3.8, 4) is 5.75 Å². The fraction of sp³-hybridized carbons (Fsp3) is 0.500. The monoisotopic (exact) mass is 249 g/mol. The van der Waals surface area contributed by atoms with Gasteiger partial charge in [0.25, 0.3) is 0 Å². The minimum atomic E-state index is -0.812. The fourth-order valence-corrected chi connectivity index (χ4v) is 2.60. The fourth-order valence-electron chi connectivity index (χ4n) is 2.60. The number of nitrogens with one attached hydrogen (secondary N) is 1. The molecule has 1 aromatic rings. The third-order valence-electron chi connectivity index (χ3n) is 3.64. The van der Waals surface area contributed by atoms with Crippen molar-refractivity contribution >= 4 is 11.7 Å². The number of aliphatic carboxylic acids is 1. The molecule has 2 N–H and O–H groups in total. The summed E-state index contributed by atoms with van der Waals surface area (Å²) in [6, 6.07) is 7.37. The Morgan fingerprint density at radius 3 is 2.56 bits per heavy atom. The number of hydrogen-bond acceptors (Lipinski definition) is 3. The maximum absolute atomic E-state index is 11.5. The Morgan fingerprint density at radius 2 is 2.11 bits per heavy atom. The van der Waals surface area contributed by atoms with Gasteiger partial charge >= 0.3 is 5.97 Å². The number of benzene rings is 1. The van der Waals surface area contributed by atoms with E-state index < -0.39 is 11.5 Å². The van der Waals surface area contributed by atoms with Crippen molar-refractivity contribution in [3.63, 3.8) is 0 Å². The standard InChI is InChI=1S/C14H19NO3/c1-10-7-8-14(9-10,13(16)17)15-11-3-5-12(18-2)6-4-11/h3-6,10,15H,7-9H2,1-2H3,(H,16,17). The SMILES string of the molecule is COc1ccc(NC2(C(=O)O)CCC(C)C2)cc1. The molecule has 2 unspecified atom stereocenters. The number of carboxylic acids is 1. The summed E-state index contributed by atoms with van der Waals surface area (Å²) in [4.78, 5) is 11.5. The van der Waals surface area contributed by atoms with Crippen LogP contribution in [0.2, 0.25) is 0 Å². The molecular formula is C14H19NO3. The number of methoxy groups -OCH3 is 1. The molecule has 0 aromatic heterocycles. The topological polar surface area (TPSA) is 58.6 Å². The van der Waals surface area contributed by atoms with E-state index in [1.165, 1.54) is 0 Å². The molecule has 1 aliphatic carbocycles. The van der Waals surface area contributed by atoms with Gasteiger partial charge in [0.05, 0.1) is 7.11 Å². The molecule has 18 heavy (non-hydrogen) atoms. The summed E-state index contributed by atoms with van der Waals surface area (Å²) in [5, 5.41) is 12.6. The zero-order valence-electron chi connectivity index (χ0n) is 10.8. The third-order valence-corrected chi connectivity index (χ3v) is 3.64. The molecule has 0 bridgehead atoms. The van der Waals surface area contributed by atoms with Crippen LogP contribution in [0.4, 0.5) is 5.69 Å². The Hall–Kier alpha value is -1.71. The summed E-state index contributed by atoms with van der Waals surface area (Å²) in [5.41, 5.74) is 0.0147. The van der Waals surface area contributed by atoms with E-state index in [-0.39, 0.29) is 0 Å². The normalized spacial score (nSPS) is 26.9. The lowest BCUT2D eigenvalue weighted by Gasteiger charge is -2.27. The van der Waals surface area contributed by atoms with Crippen LogP contribution in [0.3, 0.4) is 0 Å². The van der Waals surface area contributed by atoms with Crippen molar-refractivity contribution in [1.29, 1.82) is 0 Å². The predicted octanol–water partition coefficient (Wildman–Crippen LogP) is 2.75. The van der Waals surface area contributed by atoms with Gasteiger partial charge in [-0.05, 0) is 49.4 Å². The van der Waals surface area contributed by atoms with E-state index in [1.807, 2.05) is 24.3 Å². The quantitative estimate of drug-likeness (QED) is 0.861. The average molecular weight is 249 g/mol. The molecule has 0 spiro atoms. The van der Waals surface area contributed by atoms with E-state index >= 15 is 0 Å². The summed E-state index contributed by atoms with van der Waals surface area (Å²) in [5.74, 6) is 0.458. The van der Waals surface area contributed by atoms with Gasteiger partial charge in [0.2, 0.25) is 0 Å². The summed E-state index contributed by atoms with van der Waals surface area (Å²) in [7, 11) is 1.61. The van der Waals surface area contributed by atoms with E-state index in [0.717, 1.165) is 17.9 Å². The number of anilines is 1. The highest BCUT2D eigenvalue weighted by Crippen LogP contribution is 2.37. The van der Waals surface area contributed by atoms with Gasteiger partial charge in [-0.1, -0.05) is 6.92 Å². The second-order valence-electron chi connectivity index (χ2n) is 5.09. The first-order chi connectivity index (χ1) is 8.55. The highest BCUT2D eigenvalue weighted by Gasteiger charge is 2.44. The highest BCUT2D eigenvalue weighted by molar-refractivity contribution is 5.83. The average Bonchev–Trinajstić information content (AvgIpc) is 2.73. The van der Waals surface area contributed by atoms with Gasteiger partial charge in [-0.3, -0.25) is 0 Å². The number of carbonyl (C=O) groups is 1. The molecule has 0 radical (unpaired) electrons. The number of rotatable bonds is 4. The van der Waals surface area contributed by atoms with E-state index in [1.54, 1.807) is 7.11 Å². The Bertz CT molecular complexity index is 429. The van der Waals surface area contributed by atoms with Crippen molar-refractivity contribution in [2.24, 2.45) is 5.92 Å². The van der Waals surface area contributed by atoms with E-state index in [2.05, 4.69) is 12.2 Å². The van der Waals surface area contributed by atoms with Crippen LogP contribution in [-0.4, -0.2) is 23.7 Å². The summed E-state index contributed by atoms with van der Waals surface area (Å²) in [6.45, 7) is 2.10. The molecule has 1 saturated carbocycles. The van der Waals surface area contributed by atoms with Crippen LogP contribution in [0.1, 0.15) is 26.2 Å². The minimum Gasteiger partial charge on any atom is -0.497 e. The second-order valence-corrected chi connectivity index (χ2v) is 5.09. The van der Waals surface area contributed by atoms with Crippen molar-refractivity contribution < 1.29 is 14.6 Å². The van der Waals surface area contributed by atoms with Crippen molar-refractivity contribution in [1.82, 2.24) is 0 Å². The summed E-state index contributed by atoms with van der Waals surface area (Å²) in [6.07, 6.45) is 2.30. The first-order valence-electron chi connectivity index (χ1n) is 6.21. The van der Waals surface area contributed by atoms with Gasteiger partial charge in [-0.15, -0.1) is 0 Å². The summed E-state index contributed by atoms with van der Waals surface area (Å²) >= 11 is 0. The van der Waals surface area contributed by atoms with Gasteiger partial charge in [0.15, 0.2) is 0 Å². The Balaban J connectivity index is 2.16. The number of ether oxygens (including phenoxy) is 1. The van der Waals surface area contributed by atoms with Gasteiger partial charge in [0.1, 0.15) is 11.3 Å². The Kier molecular flexibility index (Phi) is 3.45. The molecule has 0 heterocycles. The maximum atomic E-state index is 11.5. The van der Waals surface area contributed by atoms with Gasteiger partial charge in [-0.2, -0.15) is 0 Å². The smallest absolute Gasteiger partial charge is 0.329 e. The van der Waals surface area contributed by atoms with Gasteiger partial charge in [-0.25, -0.2) is 4.79 Å². The third kappa shape index (κ3) is 2.42. The largest absolute Gasteiger partial charge is 0.497 e. The van der Waals surface area contributed by atoms with Gasteiger partial charge in [0, 0.05) is 5.69 Å².